The number of nitrogens with one attached hydrogen (secondary N) is 2. The van der Waals surface area contributed by atoms with Crippen LogP contribution >= 0.6 is 0 Å². The molecule has 0 aliphatic heterocycles. The molecule has 0 heterocycles. The molecule has 0 unspecified atom stereocenters. The van der Waals surface area contributed by atoms with Crippen molar-refractivity contribution in [3.63, 3.8) is 0 Å². The van der Waals surface area contributed by atoms with Crippen LogP contribution < -0.4 is 20.5 Å². The van der Waals surface area contributed by atoms with Crippen LogP contribution in [0.3, 0.4) is 0 Å². The van der Waals surface area contributed by atoms with Gasteiger partial charge in [-0.25, -0.2) is 13.6 Å². The van der Waals surface area contributed by atoms with Gasteiger partial charge < -0.3 is 15.4 Å². The second kappa shape index (κ2) is 9.55. The number of sulfonamides is 1. The molecule has 0 atom stereocenters. The van der Waals surface area contributed by atoms with Crippen LogP contribution in [-0.2, 0) is 21.2 Å². The lowest BCUT2D eigenvalue weighted by molar-refractivity contribution is -0.112. The molecule has 0 saturated carbocycles. The van der Waals surface area contributed by atoms with E-state index in [-0.39, 0.29) is 10.5 Å². The van der Waals surface area contributed by atoms with E-state index in [1.54, 1.807) is 43.5 Å². The highest BCUT2D eigenvalue weighted by Crippen LogP contribution is 2.15. The third-order valence-corrected chi connectivity index (χ3v) is 4.70. The van der Waals surface area contributed by atoms with Crippen LogP contribution in [0.2, 0.25) is 0 Å². The van der Waals surface area contributed by atoms with E-state index in [9.17, 15) is 18.5 Å². The first kappa shape index (κ1) is 21.0. The lowest BCUT2D eigenvalue weighted by Gasteiger charge is -2.06. The fraction of sp³-hybridized carbons (Fsp3) is 0.158. The molecule has 2 aromatic carbocycles. The number of rotatable bonds is 8. The van der Waals surface area contributed by atoms with Gasteiger partial charge in [-0.15, -0.1) is 0 Å². The van der Waals surface area contributed by atoms with Crippen LogP contribution in [0, 0.1) is 11.3 Å². The number of amides is 1. The minimum absolute atomic E-state index is 0.0473. The minimum atomic E-state index is -3.71. The lowest BCUT2D eigenvalue weighted by atomic mass is 10.1. The predicted octanol–water partition coefficient (Wildman–Crippen LogP) is 1.52. The van der Waals surface area contributed by atoms with E-state index in [2.05, 4.69) is 10.6 Å². The van der Waals surface area contributed by atoms with Crippen molar-refractivity contribution in [1.29, 1.82) is 5.26 Å². The molecule has 1 amide bonds. The summed E-state index contributed by atoms with van der Waals surface area (Å²) in [6, 6.07) is 14.8. The highest BCUT2D eigenvalue weighted by atomic mass is 32.2. The standard InChI is InChI=1S/C19H20N4O4S/c1-27-17-6-4-16(5-7-17)23-19(24)15(12-20)13-22-11-10-14-2-8-18(9-3-14)28(21,25)26/h2-9,13,22H,10-11H2,1H3,(H,23,24)(H2,21,25,26)/b15-13-. The van der Waals surface area contributed by atoms with Gasteiger partial charge in [-0.05, 0) is 48.4 Å². The molecule has 2 rings (SSSR count). The number of benzene rings is 2. The van der Waals surface area contributed by atoms with Gasteiger partial charge in [-0.2, -0.15) is 5.26 Å². The third-order valence-electron chi connectivity index (χ3n) is 3.77. The van der Waals surface area contributed by atoms with Gasteiger partial charge in [0.15, 0.2) is 0 Å². The number of hydrogen-bond donors (Lipinski definition) is 3. The largest absolute Gasteiger partial charge is 0.497 e. The van der Waals surface area contributed by atoms with Crippen LogP contribution in [0.15, 0.2) is 65.2 Å². The number of hydrogen-bond acceptors (Lipinski definition) is 6. The maximum absolute atomic E-state index is 12.2. The monoisotopic (exact) mass is 400 g/mol. The van der Waals surface area contributed by atoms with E-state index in [0.717, 1.165) is 5.56 Å². The van der Waals surface area contributed by atoms with Crippen molar-refractivity contribution >= 4 is 21.6 Å². The van der Waals surface area contributed by atoms with Crippen molar-refractivity contribution in [1.82, 2.24) is 5.32 Å². The van der Waals surface area contributed by atoms with E-state index in [1.165, 1.54) is 18.3 Å². The SMILES string of the molecule is COc1ccc(NC(=O)/C(C#N)=C\NCCc2ccc(S(N)(=O)=O)cc2)cc1. The molecule has 0 spiro atoms. The summed E-state index contributed by atoms with van der Waals surface area (Å²) in [6.45, 7) is 0.454. The van der Waals surface area contributed by atoms with Crippen LogP contribution in [-0.4, -0.2) is 28.0 Å². The van der Waals surface area contributed by atoms with Crippen molar-refractivity contribution < 1.29 is 17.9 Å². The smallest absolute Gasteiger partial charge is 0.267 e. The Morgan fingerprint density at radius 1 is 1.18 bits per heavy atom. The number of nitriles is 1. The highest BCUT2D eigenvalue weighted by molar-refractivity contribution is 7.89. The molecular formula is C19H20N4O4S. The van der Waals surface area contributed by atoms with Crippen LogP contribution in [0.25, 0.3) is 0 Å². The molecule has 0 bridgehead atoms. The first-order valence-electron chi connectivity index (χ1n) is 8.24. The summed E-state index contributed by atoms with van der Waals surface area (Å²) in [4.78, 5) is 12.2. The van der Waals surface area contributed by atoms with E-state index >= 15 is 0 Å². The highest BCUT2D eigenvalue weighted by Gasteiger charge is 2.09. The Morgan fingerprint density at radius 2 is 1.82 bits per heavy atom. The van der Waals surface area contributed by atoms with Gasteiger partial charge in [0.2, 0.25) is 10.0 Å². The molecule has 0 aliphatic carbocycles. The Kier molecular flexibility index (Phi) is 7.14. The number of methoxy groups -OCH3 is 1. The first-order chi connectivity index (χ1) is 13.3. The molecule has 0 aliphatic rings. The molecular weight excluding hydrogens is 380 g/mol. The zero-order valence-electron chi connectivity index (χ0n) is 15.2. The van der Waals surface area contributed by atoms with Crippen molar-refractivity contribution in [2.24, 2.45) is 5.14 Å². The molecule has 0 radical (unpaired) electrons. The second-order valence-corrected chi connectivity index (χ2v) is 7.31. The lowest BCUT2D eigenvalue weighted by Crippen LogP contribution is -2.18. The van der Waals surface area contributed by atoms with Crippen LogP contribution in [0.1, 0.15) is 5.56 Å². The van der Waals surface area contributed by atoms with Gasteiger partial charge in [-0.1, -0.05) is 12.1 Å². The van der Waals surface area contributed by atoms with Gasteiger partial charge in [0.05, 0.1) is 12.0 Å². The number of ether oxygens (including phenoxy) is 1. The minimum Gasteiger partial charge on any atom is -0.497 e. The van der Waals surface area contributed by atoms with E-state index in [1.807, 2.05) is 6.07 Å². The van der Waals surface area contributed by atoms with E-state index in [0.29, 0.717) is 24.4 Å². The Hall–Kier alpha value is -3.35. The summed E-state index contributed by atoms with van der Waals surface area (Å²) >= 11 is 0. The maximum Gasteiger partial charge on any atom is 0.267 e. The summed E-state index contributed by atoms with van der Waals surface area (Å²) < 4.78 is 27.5. The topological polar surface area (TPSA) is 134 Å². The van der Waals surface area contributed by atoms with Crippen molar-refractivity contribution in [3.8, 4) is 11.8 Å². The van der Waals surface area contributed by atoms with Crippen LogP contribution in [0.4, 0.5) is 5.69 Å². The number of primary sulfonamides is 1. The second-order valence-electron chi connectivity index (χ2n) is 5.75. The van der Waals surface area contributed by atoms with Gasteiger partial charge in [0, 0.05) is 18.4 Å². The normalized spacial score (nSPS) is 11.4. The quantitative estimate of drug-likeness (QED) is 0.349. The van der Waals surface area contributed by atoms with Crippen LogP contribution in [0.5, 0.6) is 5.75 Å². The van der Waals surface area contributed by atoms with Crippen molar-refractivity contribution in [3.05, 3.63) is 65.9 Å². The maximum atomic E-state index is 12.2. The predicted molar refractivity (Wildman–Crippen MR) is 105 cm³/mol. The van der Waals surface area contributed by atoms with E-state index < -0.39 is 15.9 Å². The number of nitrogens with two attached hydrogens (primary N) is 1. The first-order valence-corrected chi connectivity index (χ1v) is 9.79. The summed E-state index contributed by atoms with van der Waals surface area (Å²) in [5.41, 5.74) is 1.36. The molecule has 0 saturated heterocycles. The molecule has 146 valence electrons. The molecule has 4 N–H and O–H groups in total. The Balaban J connectivity index is 1.88. The Labute approximate surface area is 163 Å². The molecule has 8 nitrogen and oxygen atoms in total. The zero-order chi connectivity index (χ0) is 20.6. The van der Waals surface area contributed by atoms with Gasteiger partial charge in [-0.3, -0.25) is 4.79 Å². The number of carbonyl (C=O) groups excluding carboxylic acids is 1. The molecule has 9 heteroatoms. The van der Waals surface area contributed by atoms with E-state index in [4.69, 9.17) is 9.88 Å². The number of carbonyl (C=O) groups is 1. The third kappa shape index (κ3) is 6.12. The van der Waals surface area contributed by atoms with Gasteiger partial charge >= 0.3 is 0 Å². The summed E-state index contributed by atoms with van der Waals surface area (Å²) in [7, 11) is -2.17. The van der Waals surface area contributed by atoms with Crippen molar-refractivity contribution in [2.75, 3.05) is 19.0 Å². The van der Waals surface area contributed by atoms with Gasteiger partial charge in [0.25, 0.3) is 5.91 Å². The number of nitrogens with zero attached hydrogens (tertiary/aromatic N) is 1. The van der Waals surface area contributed by atoms with Gasteiger partial charge in [0.1, 0.15) is 17.4 Å². The number of anilines is 1. The zero-order valence-corrected chi connectivity index (χ0v) is 16.0. The Morgan fingerprint density at radius 3 is 2.36 bits per heavy atom. The average molecular weight is 400 g/mol. The fourth-order valence-corrected chi connectivity index (χ4v) is 2.77. The molecule has 2 aromatic rings. The average Bonchev–Trinajstić information content (AvgIpc) is 2.68. The summed E-state index contributed by atoms with van der Waals surface area (Å²) in [5, 5.41) is 19.8. The molecule has 28 heavy (non-hydrogen) atoms. The summed E-state index contributed by atoms with van der Waals surface area (Å²) in [5.74, 6) is 0.130. The molecule has 0 fully saturated rings. The fourth-order valence-electron chi connectivity index (χ4n) is 2.26. The summed E-state index contributed by atoms with van der Waals surface area (Å²) in [6.07, 6.45) is 1.91. The molecule has 0 aromatic heterocycles. The van der Waals surface area contributed by atoms with Crippen molar-refractivity contribution in [2.45, 2.75) is 11.3 Å². The Bertz CT molecular complexity index is 992.